The monoisotopic (exact) mass is 336 g/mol. The third-order valence-corrected chi connectivity index (χ3v) is 4.40. The average molecular weight is 337 g/mol. The van der Waals surface area contributed by atoms with Crippen molar-refractivity contribution in [3.63, 3.8) is 0 Å². The van der Waals surface area contributed by atoms with Crippen LogP contribution in [-0.2, 0) is 10.5 Å². The van der Waals surface area contributed by atoms with Crippen molar-refractivity contribution in [3.05, 3.63) is 23.8 Å². The van der Waals surface area contributed by atoms with Gasteiger partial charge in [0.05, 0.1) is 24.6 Å². The van der Waals surface area contributed by atoms with Crippen LogP contribution in [0.3, 0.4) is 0 Å². The summed E-state index contributed by atoms with van der Waals surface area (Å²) >= 11 is 1.83. The molecule has 5 nitrogen and oxygen atoms in total. The smallest absolute Gasteiger partial charge is 0.193 e. The van der Waals surface area contributed by atoms with E-state index in [4.69, 9.17) is 10.5 Å². The Hall–Kier alpha value is -1.40. The van der Waals surface area contributed by atoms with Gasteiger partial charge in [-0.1, -0.05) is 19.4 Å². The molecule has 0 saturated carbocycles. The molecule has 2 rings (SSSR count). The summed E-state index contributed by atoms with van der Waals surface area (Å²) < 4.78 is 5.47. The van der Waals surface area contributed by atoms with Crippen molar-refractivity contribution in [1.29, 1.82) is 0 Å². The third kappa shape index (κ3) is 5.62. The Morgan fingerprint density at radius 3 is 2.87 bits per heavy atom. The fraction of sp³-hybridized carbons (Fsp3) is 0.588. The highest BCUT2D eigenvalue weighted by Gasteiger charge is 2.15. The molecular weight excluding hydrogens is 308 g/mol. The molecule has 0 unspecified atom stereocenters. The van der Waals surface area contributed by atoms with Gasteiger partial charge in [0.2, 0.25) is 0 Å². The maximum atomic E-state index is 6.03. The summed E-state index contributed by atoms with van der Waals surface area (Å²) in [5.41, 5.74) is 9.43. The summed E-state index contributed by atoms with van der Waals surface area (Å²) in [5, 5.41) is 3.18. The second-order valence-electron chi connectivity index (χ2n) is 5.63. The number of guanidine groups is 1. The first-order valence-electron chi connectivity index (χ1n) is 8.27. The molecule has 1 heterocycles. The van der Waals surface area contributed by atoms with E-state index in [1.807, 2.05) is 11.8 Å². The lowest BCUT2D eigenvalue weighted by Crippen LogP contribution is -2.36. The number of hydrogen-bond donors (Lipinski definition) is 2. The van der Waals surface area contributed by atoms with Crippen LogP contribution in [0, 0.1) is 0 Å². The van der Waals surface area contributed by atoms with Crippen molar-refractivity contribution < 1.29 is 4.74 Å². The number of nitrogens with one attached hydrogen (secondary N) is 1. The molecule has 1 aliphatic heterocycles. The minimum Gasteiger partial charge on any atom is -0.378 e. The highest BCUT2D eigenvalue weighted by molar-refractivity contribution is 7.97. The van der Waals surface area contributed by atoms with Gasteiger partial charge in [0.15, 0.2) is 5.96 Å². The summed E-state index contributed by atoms with van der Waals surface area (Å²) in [6.45, 7) is 6.35. The van der Waals surface area contributed by atoms with Gasteiger partial charge >= 0.3 is 0 Å². The number of ether oxygens (including phenoxy) is 1. The Balaban J connectivity index is 2.20. The molecule has 0 amide bonds. The van der Waals surface area contributed by atoms with Gasteiger partial charge in [0.1, 0.15) is 0 Å². The molecule has 0 atom stereocenters. The molecule has 1 aromatic rings. The van der Waals surface area contributed by atoms with Gasteiger partial charge in [-0.25, -0.2) is 4.99 Å². The van der Waals surface area contributed by atoms with Crippen LogP contribution in [0.15, 0.2) is 23.2 Å². The molecule has 0 spiro atoms. The zero-order valence-corrected chi connectivity index (χ0v) is 15.0. The molecule has 3 N–H and O–H groups in total. The third-order valence-electron chi connectivity index (χ3n) is 3.78. The number of aliphatic imine (C=N–C) groups is 1. The first-order chi connectivity index (χ1) is 11.2. The summed E-state index contributed by atoms with van der Waals surface area (Å²) in [6, 6.07) is 6.45. The van der Waals surface area contributed by atoms with Gasteiger partial charge in [0, 0.05) is 25.4 Å². The summed E-state index contributed by atoms with van der Waals surface area (Å²) in [7, 11) is 0. The van der Waals surface area contributed by atoms with E-state index in [9.17, 15) is 0 Å². The van der Waals surface area contributed by atoms with Gasteiger partial charge in [-0.15, -0.1) is 0 Å². The second-order valence-corrected chi connectivity index (χ2v) is 6.50. The molecule has 0 aromatic heterocycles. The minimum absolute atomic E-state index is 0.491. The number of benzene rings is 1. The molecule has 23 heavy (non-hydrogen) atoms. The van der Waals surface area contributed by atoms with E-state index in [2.05, 4.69) is 46.6 Å². The minimum atomic E-state index is 0.491. The van der Waals surface area contributed by atoms with Gasteiger partial charge < -0.3 is 20.7 Å². The van der Waals surface area contributed by atoms with E-state index in [1.165, 1.54) is 5.56 Å². The number of nitrogens with zero attached hydrogens (tertiary/aromatic N) is 2. The fourth-order valence-corrected chi connectivity index (χ4v) is 3.05. The Morgan fingerprint density at radius 1 is 1.39 bits per heavy atom. The van der Waals surface area contributed by atoms with Crippen molar-refractivity contribution in [3.8, 4) is 0 Å². The normalized spacial score (nSPS) is 15.7. The Bertz CT molecular complexity index is 515. The van der Waals surface area contributed by atoms with E-state index in [0.717, 1.165) is 62.8 Å². The largest absolute Gasteiger partial charge is 0.378 e. The fourth-order valence-electron chi connectivity index (χ4n) is 2.54. The first kappa shape index (κ1) is 17.9. The Kier molecular flexibility index (Phi) is 7.55. The standard InChI is InChI=1S/C17H28N4OS/c1-3-4-7-19-17(18)20-15-6-5-14(13-23-2)12-16(15)21-8-10-22-11-9-21/h5-6,12H,3-4,7-11,13H2,1-2H3,(H3,18,19,20). The van der Waals surface area contributed by atoms with Crippen LogP contribution in [0.1, 0.15) is 25.3 Å². The lowest BCUT2D eigenvalue weighted by Gasteiger charge is -2.30. The number of anilines is 1. The van der Waals surface area contributed by atoms with E-state index in [1.54, 1.807) is 0 Å². The molecular formula is C17H28N4OS. The van der Waals surface area contributed by atoms with Crippen LogP contribution < -0.4 is 16.0 Å². The molecule has 0 aliphatic carbocycles. The van der Waals surface area contributed by atoms with Crippen LogP contribution in [0.25, 0.3) is 0 Å². The Morgan fingerprint density at radius 2 is 2.17 bits per heavy atom. The van der Waals surface area contributed by atoms with Gasteiger partial charge in [-0.05, 0) is 30.4 Å². The van der Waals surface area contributed by atoms with E-state index < -0.39 is 0 Å². The molecule has 6 heteroatoms. The second kappa shape index (κ2) is 9.67. The van der Waals surface area contributed by atoms with Crippen molar-refractivity contribution in [2.24, 2.45) is 10.7 Å². The molecule has 1 saturated heterocycles. The van der Waals surface area contributed by atoms with Crippen molar-refractivity contribution in [2.45, 2.75) is 25.5 Å². The van der Waals surface area contributed by atoms with Crippen molar-refractivity contribution in [2.75, 3.05) is 44.0 Å². The summed E-state index contributed by atoms with van der Waals surface area (Å²) in [6.07, 6.45) is 4.36. The predicted octanol–water partition coefficient (Wildman–Crippen LogP) is 2.72. The van der Waals surface area contributed by atoms with E-state index in [0.29, 0.717) is 5.96 Å². The summed E-state index contributed by atoms with van der Waals surface area (Å²) in [5.74, 6) is 1.50. The zero-order valence-electron chi connectivity index (χ0n) is 14.2. The molecule has 1 aromatic carbocycles. The topological polar surface area (TPSA) is 62.9 Å². The quantitative estimate of drug-likeness (QED) is 0.455. The number of thioether (sulfide) groups is 1. The van der Waals surface area contributed by atoms with Crippen LogP contribution in [-0.4, -0.2) is 45.1 Å². The lowest BCUT2D eigenvalue weighted by atomic mass is 10.1. The number of unbranched alkanes of at least 4 members (excludes halogenated alkanes) is 1. The number of rotatable bonds is 7. The highest BCUT2D eigenvalue weighted by Crippen LogP contribution is 2.31. The number of hydrogen-bond acceptors (Lipinski definition) is 4. The molecule has 1 fully saturated rings. The van der Waals surface area contributed by atoms with Gasteiger partial charge in [-0.3, -0.25) is 0 Å². The van der Waals surface area contributed by atoms with E-state index in [-0.39, 0.29) is 0 Å². The predicted molar refractivity (Wildman–Crippen MR) is 101 cm³/mol. The SMILES string of the molecule is CCCCNC(N)=Nc1ccc(CSC)cc1N1CCOCC1. The van der Waals surface area contributed by atoms with Crippen LogP contribution >= 0.6 is 11.8 Å². The molecule has 128 valence electrons. The van der Waals surface area contributed by atoms with Crippen LogP contribution in [0.2, 0.25) is 0 Å². The zero-order chi connectivity index (χ0) is 16.5. The van der Waals surface area contributed by atoms with Gasteiger partial charge in [0.25, 0.3) is 0 Å². The highest BCUT2D eigenvalue weighted by atomic mass is 32.2. The Labute approximate surface area is 143 Å². The van der Waals surface area contributed by atoms with Crippen LogP contribution in [0.5, 0.6) is 0 Å². The summed E-state index contributed by atoms with van der Waals surface area (Å²) in [4.78, 5) is 6.94. The lowest BCUT2D eigenvalue weighted by molar-refractivity contribution is 0.123. The molecule has 0 radical (unpaired) electrons. The average Bonchev–Trinajstić information content (AvgIpc) is 2.57. The van der Waals surface area contributed by atoms with Crippen LogP contribution in [0.4, 0.5) is 11.4 Å². The first-order valence-corrected chi connectivity index (χ1v) is 9.66. The van der Waals surface area contributed by atoms with Crippen molar-refractivity contribution >= 4 is 29.1 Å². The maximum Gasteiger partial charge on any atom is 0.193 e. The van der Waals surface area contributed by atoms with Crippen molar-refractivity contribution in [1.82, 2.24) is 5.32 Å². The number of nitrogens with two attached hydrogens (primary N) is 1. The number of morpholine rings is 1. The molecule has 0 bridgehead atoms. The van der Waals surface area contributed by atoms with Gasteiger partial charge in [-0.2, -0.15) is 11.8 Å². The molecule has 1 aliphatic rings. The maximum absolute atomic E-state index is 6.03. The van der Waals surface area contributed by atoms with E-state index >= 15 is 0 Å².